The van der Waals surface area contributed by atoms with Gasteiger partial charge in [0, 0.05) is 36.8 Å². The number of nitrogens with zero attached hydrogens (tertiary/aromatic N) is 4. The molecule has 0 fully saturated rings. The van der Waals surface area contributed by atoms with Gasteiger partial charge in [-0.1, -0.05) is 6.92 Å². The van der Waals surface area contributed by atoms with E-state index in [1.807, 2.05) is 19.1 Å². The van der Waals surface area contributed by atoms with Crippen molar-refractivity contribution in [3.63, 3.8) is 0 Å². The number of anilines is 1. The Labute approximate surface area is 135 Å². The third-order valence-corrected chi connectivity index (χ3v) is 3.75. The van der Waals surface area contributed by atoms with Crippen molar-refractivity contribution in [2.75, 3.05) is 18.0 Å². The number of phenols is 1. The fraction of sp³-hybridized carbons (Fsp3) is 0.400. The van der Waals surface area contributed by atoms with Crippen molar-refractivity contribution in [3.8, 4) is 5.75 Å². The Balaban J connectivity index is 2.28. The summed E-state index contributed by atoms with van der Waals surface area (Å²) in [5, 5.41) is 21.3. The lowest BCUT2D eigenvalue weighted by Crippen LogP contribution is -2.21. The number of phenolic OH excluding ortho intramolecular Hbond substituents is 1. The van der Waals surface area contributed by atoms with Crippen molar-refractivity contribution in [3.05, 3.63) is 34.4 Å². The van der Waals surface area contributed by atoms with Crippen molar-refractivity contribution in [2.45, 2.75) is 27.2 Å². The van der Waals surface area contributed by atoms with Crippen molar-refractivity contribution in [1.29, 1.82) is 0 Å². The summed E-state index contributed by atoms with van der Waals surface area (Å²) in [7, 11) is 0. The lowest BCUT2D eigenvalue weighted by Gasteiger charge is -2.21. The molecule has 0 saturated heterocycles. The van der Waals surface area contributed by atoms with Gasteiger partial charge in [-0.2, -0.15) is 14.9 Å². The number of aryl methyl sites for hydroxylation is 1. The molecule has 118 valence electrons. The first-order valence-corrected chi connectivity index (χ1v) is 7.80. The first kappa shape index (κ1) is 16.2. The summed E-state index contributed by atoms with van der Waals surface area (Å²) in [6, 6.07) is 5.58. The van der Waals surface area contributed by atoms with Crippen molar-refractivity contribution in [2.24, 2.45) is 5.10 Å². The highest BCUT2D eigenvalue weighted by molar-refractivity contribution is 7.71. The van der Waals surface area contributed by atoms with E-state index in [0.717, 1.165) is 31.0 Å². The quantitative estimate of drug-likeness (QED) is 0.634. The summed E-state index contributed by atoms with van der Waals surface area (Å²) in [4.78, 5) is 2.17. The van der Waals surface area contributed by atoms with Gasteiger partial charge in [-0.25, -0.2) is 0 Å². The molecule has 0 spiro atoms. The summed E-state index contributed by atoms with van der Waals surface area (Å²) in [5.74, 6) is 0.946. The predicted octanol–water partition coefficient (Wildman–Crippen LogP) is 2.94. The Kier molecular flexibility index (Phi) is 5.32. The van der Waals surface area contributed by atoms with Gasteiger partial charge >= 0.3 is 0 Å². The molecule has 1 heterocycles. The number of hydrogen-bond acceptors (Lipinski definition) is 5. The van der Waals surface area contributed by atoms with Crippen LogP contribution in [0.15, 0.2) is 23.3 Å². The zero-order valence-corrected chi connectivity index (χ0v) is 13.9. The largest absolute Gasteiger partial charge is 0.507 e. The Bertz CT molecular complexity index is 715. The normalized spacial score (nSPS) is 11.2. The van der Waals surface area contributed by atoms with E-state index >= 15 is 0 Å². The van der Waals surface area contributed by atoms with E-state index in [1.165, 1.54) is 0 Å². The van der Waals surface area contributed by atoms with Crippen LogP contribution in [0.2, 0.25) is 0 Å². The molecule has 0 amide bonds. The monoisotopic (exact) mass is 319 g/mol. The number of rotatable bonds is 6. The van der Waals surface area contributed by atoms with Crippen LogP contribution in [0.25, 0.3) is 0 Å². The maximum Gasteiger partial charge on any atom is 0.216 e. The molecule has 0 bridgehead atoms. The number of H-pyrrole nitrogens is 1. The molecular formula is C15H21N5OS. The minimum Gasteiger partial charge on any atom is -0.507 e. The lowest BCUT2D eigenvalue weighted by molar-refractivity contribution is 0.474. The van der Waals surface area contributed by atoms with Gasteiger partial charge in [0.1, 0.15) is 5.75 Å². The average Bonchev–Trinajstić information content (AvgIpc) is 2.88. The van der Waals surface area contributed by atoms with Crippen molar-refractivity contribution >= 4 is 24.1 Å². The van der Waals surface area contributed by atoms with Crippen LogP contribution in [-0.4, -0.2) is 39.3 Å². The van der Waals surface area contributed by atoms with Crippen LogP contribution < -0.4 is 4.90 Å². The van der Waals surface area contributed by atoms with Crippen LogP contribution in [0.4, 0.5) is 5.69 Å². The van der Waals surface area contributed by atoms with Gasteiger partial charge < -0.3 is 10.0 Å². The van der Waals surface area contributed by atoms with Gasteiger partial charge in [-0.05, 0) is 38.2 Å². The smallest absolute Gasteiger partial charge is 0.216 e. The highest BCUT2D eigenvalue weighted by atomic mass is 32.1. The molecule has 2 rings (SSSR count). The first-order valence-electron chi connectivity index (χ1n) is 7.39. The number of aromatic nitrogens is 3. The fourth-order valence-electron chi connectivity index (χ4n) is 2.22. The second-order valence-corrected chi connectivity index (χ2v) is 5.16. The molecule has 0 radical (unpaired) electrons. The maximum atomic E-state index is 10.2. The third kappa shape index (κ3) is 3.36. The van der Waals surface area contributed by atoms with E-state index in [4.69, 9.17) is 12.2 Å². The van der Waals surface area contributed by atoms with E-state index < -0.39 is 0 Å². The van der Waals surface area contributed by atoms with Gasteiger partial charge in [-0.15, -0.1) is 0 Å². The number of nitrogens with one attached hydrogen (secondary N) is 1. The molecule has 1 aromatic heterocycles. The Morgan fingerprint density at radius 1 is 1.36 bits per heavy atom. The van der Waals surface area contributed by atoms with Gasteiger partial charge in [0.05, 0.1) is 6.21 Å². The number of hydrogen-bond donors (Lipinski definition) is 2. The van der Waals surface area contributed by atoms with E-state index in [2.05, 4.69) is 34.0 Å². The highest BCUT2D eigenvalue weighted by Crippen LogP contribution is 2.23. The van der Waals surface area contributed by atoms with Gasteiger partial charge in [-0.3, -0.25) is 5.10 Å². The second-order valence-electron chi connectivity index (χ2n) is 4.77. The highest BCUT2D eigenvalue weighted by Gasteiger charge is 2.06. The molecule has 6 nitrogen and oxygen atoms in total. The van der Waals surface area contributed by atoms with E-state index in [1.54, 1.807) is 17.0 Å². The molecule has 1 aromatic carbocycles. The predicted molar refractivity (Wildman–Crippen MR) is 91.4 cm³/mol. The first-order chi connectivity index (χ1) is 10.6. The van der Waals surface area contributed by atoms with Crippen LogP contribution in [0.1, 0.15) is 32.2 Å². The molecule has 22 heavy (non-hydrogen) atoms. The molecule has 0 unspecified atom stereocenters. The number of aromatic amines is 1. The van der Waals surface area contributed by atoms with Crippen LogP contribution in [-0.2, 0) is 6.42 Å². The zero-order valence-electron chi connectivity index (χ0n) is 13.1. The van der Waals surface area contributed by atoms with Crippen LogP contribution in [0.3, 0.4) is 0 Å². The molecule has 0 aliphatic heterocycles. The van der Waals surface area contributed by atoms with Gasteiger partial charge in [0.25, 0.3) is 0 Å². The SMILES string of the molecule is CCc1n[nH]c(=S)n1/N=C/c1ccc(N(CC)CC)cc1O. The lowest BCUT2D eigenvalue weighted by atomic mass is 10.2. The van der Waals surface area contributed by atoms with Crippen LogP contribution in [0.5, 0.6) is 5.75 Å². The molecule has 0 aliphatic carbocycles. The van der Waals surface area contributed by atoms with Crippen LogP contribution in [0, 0.1) is 4.77 Å². The summed E-state index contributed by atoms with van der Waals surface area (Å²) < 4.78 is 2.00. The summed E-state index contributed by atoms with van der Waals surface area (Å²) in [6.45, 7) is 7.94. The Morgan fingerprint density at radius 3 is 2.68 bits per heavy atom. The van der Waals surface area contributed by atoms with E-state index in [9.17, 15) is 5.11 Å². The van der Waals surface area contributed by atoms with Crippen molar-refractivity contribution in [1.82, 2.24) is 14.9 Å². The molecule has 0 aliphatic rings. The summed E-state index contributed by atoms with van der Waals surface area (Å²) in [6.07, 6.45) is 2.31. The molecule has 2 aromatic rings. The Hall–Kier alpha value is -2.15. The maximum absolute atomic E-state index is 10.2. The minimum atomic E-state index is 0.196. The second kappa shape index (κ2) is 7.22. The zero-order chi connectivity index (χ0) is 16.1. The molecule has 0 atom stereocenters. The van der Waals surface area contributed by atoms with Crippen molar-refractivity contribution < 1.29 is 5.11 Å². The topological polar surface area (TPSA) is 69.4 Å². The third-order valence-electron chi connectivity index (χ3n) is 3.49. The average molecular weight is 319 g/mol. The van der Waals surface area contributed by atoms with Gasteiger partial charge in [0.15, 0.2) is 5.82 Å². The van der Waals surface area contributed by atoms with E-state index in [0.29, 0.717) is 10.3 Å². The van der Waals surface area contributed by atoms with Crippen LogP contribution >= 0.6 is 12.2 Å². The molecular weight excluding hydrogens is 298 g/mol. The molecule has 0 saturated carbocycles. The standard InChI is InChI=1S/C15H21N5OS/c1-4-14-17-18-15(22)20(14)16-10-11-7-8-12(9-13(11)21)19(5-2)6-3/h7-10,21H,4-6H2,1-3H3,(H,18,22)/b16-10+. The van der Waals surface area contributed by atoms with E-state index in [-0.39, 0.29) is 5.75 Å². The number of benzene rings is 1. The summed E-state index contributed by atoms with van der Waals surface area (Å²) >= 11 is 5.14. The molecule has 2 N–H and O–H groups in total. The Morgan fingerprint density at radius 2 is 2.09 bits per heavy atom. The summed E-state index contributed by atoms with van der Waals surface area (Å²) in [5.41, 5.74) is 1.63. The minimum absolute atomic E-state index is 0.196. The number of aromatic hydroxyl groups is 1. The molecule has 7 heteroatoms. The fourth-order valence-corrected chi connectivity index (χ4v) is 2.42. The van der Waals surface area contributed by atoms with Gasteiger partial charge in [0.2, 0.25) is 4.77 Å².